The van der Waals surface area contributed by atoms with E-state index in [1.807, 2.05) is 78.1 Å². The Balaban J connectivity index is 1.91. The lowest BCUT2D eigenvalue weighted by molar-refractivity contribution is 1.05. The Morgan fingerprint density at radius 1 is 0.880 bits per heavy atom. The zero-order valence-electron chi connectivity index (χ0n) is 13.6. The Kier molecular flexibility index (Phi) is 4.04. The standard InChI is InChI=1S/C20H15ClN4/c1-14-7-5-12-18-22-19(15-8-3-2-4-9-15)20(25(14)18)24-23-17-11-6-10-16(21)13-17/h2-13H,1H3. The van der Waals surface area contributed by atoms with Crippen molar-refractivity contribution in [1.29, 1.82) is 0 Å². The van der Waals surface area contributed by atoms with Gasteiger partial charge in [-0.2, -0.15) is 0 Å². The maximum absolute atomic E-state index is 6.03. The molecule has 4 rings (SSSR count). The second-order valence-electron chi connectivity index (χ2n) is 5.69. The Morgan fingerprint density at radius 2 is 1.68 bits per heavy atom. The smallest absolute Gasteiger partial charge is 0.187 e. The maximum atomic E-state index is 6.03. The third-order valence-corrected chi connectivity index (χ3v) is 4.17. The molecular weight excluding hydrogens is 332 g/mol. The minimum atomic E-state index is 0.633. The van der Waals surface area contributed by atoms with Crippen molar-refractivity contribution in [2.75, 3.05) is 0 Å². The number of halogens is 1. The van der Waals surface area contributed by atoms with Crippen molar-refractivity contribution in [3.05, 3.63) is 83.5 Å². The molecule has 4 aromatic rings. The molecule has 0 unspecified atom stereocenters. The fourth-order valence-corrected chi connectivity index (χ4v) is 2.95. The molecule has 25 heavy (non-hydrogen) atoms. The molecule has 0 aliphatic heterocycles. The van der Waals surface area contributed by atoms with Crippen LogP contribution in [0.1, 0.15) is 5.69 Å². The summed E-state index contributed by atoms with van der Waals surface area (Å²) in [4.78, 5) is 4.76. The highest BCUT2D eigenvalue weighted by Gasteiger charge is 2.15. The third-order valence-electron chi connectivity index (χ3n) is 3.93. The van der Waals surface area contributed by atoms with E-state index in [2.05, 4.69) is 10.2 Å². The van der Waals surface area contributed by atoms with E-state index in [9.17, 15) is 0 Å². The summed E-state index contributed by atoms with van der Waals surface area (Å²) < 4.78 is 2.01. The maximum Gasteiger partial charge on any atom is 0.187 e. The molecule has 0 aliphatic carbocycles. The molecule has 0 bridgehead atoms. The van der Waals surface area contributed by atoms with Gasteiger partial charge < -0.3 is 0 Å². The van der Waals surface area contributed by atoms with Gasteiger partial charge in [0.2, 0.25) is 0 Å². The highest BCUT2D eigenvalue weighted by Crippen LogP contribution is 2.33. The van der Waals surface area contributed by atoms with Gasteiger partial charge in [0.15, 0.2) is 5.82 Å². The van der Waals surface area contributed by atoms with Gasteiger partial charge in [-0.1, -0.05) is 54.1 Å². The minimum Gasteiger partial charge on any atom is -0.280 e. The summed E-state index contributed by atoms with van der Waals surface area (Å²) in [5.74, 6) is 0.708. The van der Waals surface area contributed by atoms with E-state index in [1.165, 1.54) is 0 Å². The van der Waals surface area contributed by atoms with Gasteiger partial charge in [-0.15, -0.1) is 10.2 Å². The van der Waals surface area contributed by atoms with Gasteiger partial charge in [0, 0.05) is 16.3 Å². The average molecular weight is 347 g/mol. The van der Waals surface area contributed by atoms with Gasteiger partial charge in [0.25, 0.3) is 0 Å². The number of azo groups is 1. The van der Waals surface area contributed by atoms with Crippen LogP contribution in [0.2, 0.25) is 5.02 Å². The van der Waals surface area contributed by atoms with E-state index in [4.69, 9.17) is 16.6 Å². The van der Waals surface area contributed by atoms with Gasteiger partial charge in [0.05, 0.1) is 5.69 Å². The quantitative estimate of drug-likeness (QED) is 0.397. The second-order valence-corrected chi connectivity index (χ2v) is 6.13. The molecule has 4 nitrogen and oxygen atoms in total. The number of benzene rings is 2. The van der Waals surface area contributed by atoms with Crippen LogP contribution in [0.3, 0.4) is 0 Å². The predicted molar refractivity (Wildman–Crippen MR) is 101 cm³/mol. The Labute approximate surface area is 150 Å². The largest absolute Gasteiger partial charge is 0.280 e. The summed E-state index contributed by atoms with van der Waals surface area (Å²) in [7, 11) is 0. The SMILES string of the molecule is Cc1cccc2nc(-c3ccccc3)c(N=Nc3cccc(Cl)c3)n12. The Morgan fingerprint density at radius 3 is 2.48 bits per heavy atom. The van der Waals surface area contributed by atoms with Crippen LogP contribution in [0.5, 0.6) is 0 Å². The van der Waals surface area contributed by atoms with E-state index in [0.717, 1.165) is 22.6 Å². The average Bonchev–Trinajstić information content (AvgIpc) is 3.01. The molecule has 2 aromatic heterocycles. The number of aromatic nitrogens is 2. The van der Waals surface area contributed by atoms with Crippen LogP contribution < -0.4 is 0 Å². The minimum absolute atomic E-state index is 0.633. The number of pyridine rings is 1. The van der Waals surface area contributed by atoms with E-state index in [1.54, 1.807) is 6.07 Å². The van der Waals surface area contributed by atoms with Crippen molar-refractivity contribution in [2.24, 2.45) is 10.2 Å². The predicted octanol–water partition coefficient (Wildman–Crippen LogP) is 6.38. The molecule has 0 N–H and O–H groups in total. The van der Waals surface area contributed by atoms with Crippen molar-refractivity contribution in [2.45, 2.75) is 6.92 Å². The fraction of sp³-hybridized carbons (Fsp3) is 0.0500. The molecule has 0 saturated heterocycles. The van der Waals surface area contributed by atoms with Crippen LogP contribution >= 0.6 is 11.6 Å². The van der Waals surface area contributed by atoms with Crippen molar-refractivity contribution in [3.8, 4) is 11.3 Å². The highest BCUT2D eigenvalue weighted by molar-refractivity contribution is 6.30. The summed E-state index contributed by atoms with van der Waals surface area (Å²) in [6.07, 6.45) is 0. The summed E-state index contributed by atoms with van der Waals surface area (Å²) in [6, 6.07) is 23.3. The number of imidazole rings is 1. The molecule has 122 valence electrons. The van der Waals surface area contributed by atoms with Crippen LogP contribution in [0.4, 0.5) is 11.5 Å². The van der Waals surface area contributed by atoms with E-state index >= 15 is 0 Å². The van der Waals surface area contributed by atoms with Gasteiger partial charge in [-0.3, -0.25) is 4.40 Å². The summed E-state index contributed by atoms with van der Waals surface area (Å²) >= 11 is 6.03. The third kappa shape index (κ3) is 3.04. The molecule has 0 spiro atoms. The molecule has 0 radical (unpaired) electrons. The van der Waals surface area contributed by atoms with E-state index in [-0.39, 0.29) is 0 Å². The van der Waals surface area contributed by atoms with Crippen LogP contribution in [-0.2, 0) is 0 Å². The second kappa shape index (κ2) is 6.49. The molecular formula is C20H15ClN4. The van der Waals surface area contributed by atoms with Crippen LogP contribution in [0.25, 0.3) is 16.9 Å². The lowest BCUT2D eigenvalue weighted by atomic mass is 10.1. The summed E-state index contributed by atoms with van der Waals surface area (Å²) in [6.45, 7) is 2.03. The van der Waals surface area contributed by atoms with Crippen molar-refractivity contribution in [3.63, 3.8) is 0 Å². The molecule has 0 amide bonds. The fourth-order valence-electron chi connectivity index (χ4n) is 2.76. The van der Waals surface area contributed by atoms with E-state index < -0.39 is 0 Å². The lowest BCUT2D eigenvalue weighted by Crippen LogP contribution is -1.89. The van der Waals surface area contributed by atoms with Gasteiger partial charge >= 0.3 is 0 Å². The number of aryl methyl sites for hydroxylation is 1. The molecule has 5 heteroatoms. The van der Waals surface area contributed by atoms with Crippen LogP contribution in [0.15, 0.2) is 83.0 Å². The van der Waals surface area contributed by atoms with Crippen LogP contribution in [0, 0.1) is 6.92 Å². The van der Waals surface area contributed by atoms with Crippen molar-refractivity contribution in [1.82, 2.24) is 9.38 Å². The number of fused-ring (bicyclic) bond motifs is 1. The first kappa shape index (κ1) is 15.5. The zero-order chi connectivity index (χ0) is 17.2. The molecule has 0 atom stereocenters. The molecule has 0 fully saturated rings. The number of hydrogen-bond acceptors (Lipinski definition) is 3. The number of rotatable bonds is 3. The van der Waals surface area contributed by atoms with Gasteiger partial charge in [0.1, 0.15) is 11.3 Å². The molecule has 0 saturated carbocycles. The lowest BCUT2D eigenvalue weighted by Gasteiger charge is -2.02. The topological polar surface area (TPSA) is 42.0 Å². The summed E-state index contributed by atoms with van der Waals surface area (Å²) in [5.41, 5.74) is 4.41. The molecule has 2 heterocycles. The molecule has 0 aliphatic rings. The van der Waals surface area contributed by atoms with Crippen molar-refractivity contribution >= 4 is 28.8 Å². The van der Waals surface area contributed by atoms with E-state index in [0.29, 0.717) is 16.5 Å². The van der Waals surface area contributed by atoms with Gasteiger partial charge in [-0.05, 0) is 37.3 Å². The van der Waals surface area contributed by atoms with Gasteiger partial charge in [-0.25, -0.2) is 4.98 Å². The highest BCUT2D eigenvalue weighted by atomic mass is 35.5. The molecule has 2 aromatic carbocycles. The number of nitrogens with zero attached hydrogens (tertiary/aromatic N) is 4. The zero-order valence-corrected chi connectivity index (χ0v) is 14.4. The summed E-state index contributed by atoms with van der Waals surface area (Å²) in [5, 5.41) is 9.51. The first-order valence-corrected chi connectivity index (χ1v) is 8.31. The first-order valence-electron chi connectivity index (χ1n) is 7.93. The van der Waals surface area contributed by atoms with Crippen LogP contribution in [-0.4, -0.2) is 9.38 Å². The first-order chi connectivity index (χ1) is 12.2. The normalized spacial score (nSPS) is 11.4. The number of hydrogen-bond donors (Lipinski definition) is 0. The Bertz CT molecular complexity index is 1070. The monoisotopic (exact) mass is 346 g/mol. The Hall–Kier alpha value is -2.98. The van der Waals surface area contributed by atoms with Crippen molar-refractivity contribution < 1.29 is 0 Å².